The number of carbonyl (C=O) groups is 1. The molecular formula is C16H11Cl2FN2O2. The van der Waals surface area contributed by atoms with Crippen LogP contribution in [-0.2, 0) is 9.63 Å². The summed E-state index contributed by atoms with van der Waals surface area (Å²) >= 11 is 11.8. The number of amides is 1. The second kappa shape index (κ2) is 6.56. The summed E-state index contributed by atoms with van der Waals surface area (Å²) < 4.78 is 12.9. The van der Waals surface area contributed by atoms with Crippen molar-refractivity contribution < 1.29 is 14.0 Å². The molecule has 1 unspecified atom stereocenters. The lowest BCUT2D eigenvalue weighted by Crippen LogP contribution is -2.28. The molecule has 1 aliphatic rings. The van der Waals surface area contributed by atoms with Crippen LogP contribution in [0.4, 0.5) is 10.1 Å². The van der Waals surface area contributed by atoms with E-state index in [-0.39, 0.29) is 11.7 Å². The van der Waals surface area contributed by atoms with E-state index in [9.17, 15) is 9.18 Å². The first kappa shape index (κ1) is 15.8. The summed E-state index contributed by atoms with van der Waals surface area (Å²) in [4.78, 5) is 17.4. The molecule has 1 amide bonds. The average molecular weight is 353 g/mol. The summed E-state index contributed by atoms with van der Waals surface area (Å²) in [6, 6.07) is 10.6. The standard InChI is InChI=1S/C16H11Cl2FN2O2/c17-10-3-6-13(12(18)7-10)20-16(22)15-8-14(21-23-15)9-1-4-11(19)5-2-9/h1-7,15H,8H2,(H,20,22). The lowest BCUT2D eigenvalue weighted by atomic mass is 10.0. The maximum atomic E-state index is 12.9. The lowest BCUT2D eigenvalue weighted by Gasteiger charge is -2.11. The van der Waals surface area contributed by atoms with E-state index in [0.29, 0.717) is 33.4 Å². The summed E-state index contributed by atoms with van der Waals surface area (Å²) in [5, 5.41) is 7.38. The molecule has 118 valence electrons. The minimum Gasteiger partial charge on any atom is -0.382 e. The number of carbonyl (C=O) groups excluding carboxylic acids is 1. The first-order valence-electron chi connectivity index (χ1n) is 6.77. The van der Waals surface area contributed by atoms with Gasteiger partial charge >= 0.3 is 0 Å². The summed E-state index contributed by atoms with van der Waals surface area (Å²) in [6.07, 6.45) is -0.468. The van der Waals surface area contributed by atoms with Crippen molar-refractivity contribution in [2.75, 3.05) is 5.32 Å². The molecule has 23 heavy (non-hydrogen) atoms. The molecule has 7 heteroatoms. The first-order valence-corrected chi connectivity index (χ1v) is 7.53. The van der Waals surface area contributed by atoms with E-state index in [2.05, 4.69) is 10.5 Å². The third-order valence-corrected chi connectivity index (χ3v) is 3.88. The molecule has 0 aromatic heterocycles. The van der Waals surface area contributed by atoms with Crippen LogP contribution in [0.3, 0.4) is 0 Å². The molecule has 1 N–H and O–H groups in total. The fourth-order valence-corrected chi connectivity index (χ4v) is 2.59. The molecule has 0 saturated carbocycles. The highest BCUT2D eigenvalue weighted by atomic mass is 35.5. The van der Waals surface area contributed by atoms with Gasteiger partial charge in [0.1, 0.15) is 5.82 Å². The predicted octanol–water partition coefficient (Wildman–Crippen LogP) is 4.26. The van der Waals surface area contributed by atoms with Gasteiger partial charge < -0.3 is 10.2 Å². The van der Waals surface area contributed by atoms with Crippen molar-refractivity contribution >= 4 is 40.5 Å². The Balaban J connectivity index is 1.65. The van der Waals surface area contributed by atoms with Gasteiger partial charge in [-0.05, 0) is 35.9 Å². The maximum Gasteiger partial charge on any atom is 0.268 e. The lowest BCUT2D eigenvalue weighted by molar-refractivity contribution is -0.125. The van der Waals surface area contributed by atoms with E-state index < -0.39 is 6.10 Å². The fourth-order valence-electron chi connectivity index (χ4n) is 2.13. The molecule has 1 aliphatic heterocycles. The second-order valence-corrected chi connectivity index (χ2v) is 5.80. The number of halogens is 3. The number of hydrogen-bond acceptors (Lipinski definition) is 3. The van der Waals surface area contributed by atoms with Gasteiger partial charge in [0.15, 0.2) is 0 Å². The Kier molecular flexibility index (Phi) is 4.50. The van der Waals surface area contributed by atoms with Crippen LogP contribution >= 0.6 is 23.2 Å². The topological polar surface area (TPSA) is 50.7 Å². The summed E-state index contributed by atoms with van der Waals surface area (Å²) in [6.45, 7) is 0. The Morgan fingerprint density at radius 2 is 1.96 bits per heavy atom. The Hall–Kier alpha value is -2.11. The van der Waals surface area contributed by atoms with Gasteiger partial charge in [-0.3, -0.25) is 4.79 Å². The molecule has 0 spiro atoms. The van der Waals surface area contributed by atoms with Crippen molar-refractivity contribution in [3.8, 4) is 0 Å². The number of nitrogens with one attached hydrogen (secondary N) is 1. The summed E-state index contributed by atoms with van der Waals surface area (Å²) in [5.74, 6) is -0.699. The zero-order valence-electron chi connectivity index (χ0n) is 11.7. The van der Waals surface area contributed by atoms with E-state index in [1.807, 2.05) is 0 Å². The molecule has 1 atom stereocenters. The number of rotatable bonds is 3. The van der Waals surface area contributed by atoms with E-state index in [1.165, 1.54) is 18.2 Å². The van der Waals surface area contributed by atoms with E-state index in [4.69, 9.17) is 28.0 Å². The summed E-state index contributed by atoms with van der Waals surface area (Å²) in [5.41, 5.74) is 1.75. The van der Waals surface area contributed by atoms with Crippen LogP contribution in [0.1, 0.15) is 12.0 Å². The molecule has 0 saturated heterocycles. The zero-order chi connectivity index (χ0) is 16.4. The molecule has 0 bridgehead atoms. The van der Waals surface area contributed by atoms with Crippen LogP contribution < -0.4 is 5.32 Å². The normalized spacial score (nSPS) is 16.7. The van der Waals surface area contributed by atoms with Gasteiger partial charge in [-0.25, -0.2) is 4.39 Å². The largest absolute Gasteiger partial charge is 0.382 e. The highest BCUT2D eigenvalue weighted by Gasteiger charge is 2.29. The van der Waals surface area contributed by atoms with Crippen LogP contribution in [0, 0.1) is 5.82 Å². The Bertz CT molecular complexity index is 778. The van der Waals surface area contributed by atoms with Crippen molar-refractivity contribution in [2.24, 2.45) is 5.16 Å². The van der Waals surface area contributed by atoms with E-state index >= 15 is 0 Å². The van der Waals surface area contributed by atoms with Gasteiger partial charge in [0.25, 0.3) is 5.91 Å². The highest BCUT2D eigenvalue weighted by molar-refractivity contribution is 6.36. The molecule has 0 radical (unpaired) electrons. The van der Waals surface area contributed by atoms with Crippen molar-refractivity contribution in [1.29, 1.82) is 0 Å². The number of nitrogens with zero attached hydrogens (tertiary/aromatic N) is 1. The number of oxime groups is 1. The van der Waals surface area contributed by atoms with Crippen molar-refractivity contribution in [1.82, 2.24) is 0 Å². The molecule has 3 rings (SSSR count). The van der Waals surface area contributed by atoms with Crippen molar-refractivity contribution in [3.05, 3.63) is 63.9 Å². The Morgan fingerprint density at radius 3 is 2.65 bits per heavy atom. The minimum atomic E-state index is -0.762. The summed E-state index contributed by atoms with van der Waals surface area (Å²) in [7, 11) is 0. The minimum absolute atomic E-state index is 0.294. The van der Waals surface area contributed by atoms with Crippen LogP contribution in [0.5, 0.6) is 0 Å². The van der Waals surface area contributed by atoms with E-state index in [1.54, 1.807) is 24.3 Å². The van der Waals surface area contributed by atoms with Gasteiger partial charge in [0.05, 0.1) is 16.4 Å². The Morgan fingerprint density at radius 1 is 1.22 bits per heavy atom. The third kappa shape index (κ3) is 3.63. The molecule has 0 aliphatic carbocycles. The van der Waals surface area contributed by atoms with Crippen molar-refractivity contribution in [2.45, 2.75) is 12.5 Å². The van der Waals surface area contributed by atoms with Gasteiger partial charge in [-0.15, -0.1) is 0 Å². The maximum absolute atomic E-state index is 12.9. The van der Waals surface area contributed by atoms with Gasteiger partial charge in [0, 0.05) is 11.4 Å². The van der Waals surface area contributed by atoms with Gasteiger partial charge in [-0.2, -0.15) is 0 Å². The smallest absolute Gasteiger partial charge is 0.268 e. The SMILES string of the molecule is O=C(Nc1ccc(Cl)cc1Cl)C1CC(c2ccc(F)cc2)=NO1. The quantitative estimate of drug-likeness (QED) is 0.896. The molecule has 0 fully saturated rings. The number of benzene rings is 2. The highest BCUT2D eigenvalue weighted by Crippen LogP contribution is 2.26. The monoisotopic (exact) mass is 352 g/mol. The second-order valence-electron chi connectivity index (χ2n) is 4.96. The van der Waals surface area contributed by atoms with Crippen molar-refractivity contribution in [3.63, 3.8) is 0 Å². The van der Waals surface area contributed by atoms with Crippen LogP contribution in [0.15, 0.2) is 47.6 Å². The Labute approximate surface area is 141 Å². The average Bonchev–Trinajstić information content (AvgIpc) is 3.01. The predicted molar refractivity (Wildman–Crippen MR) is 87.5 cm³/mol. The van der Waals surface area contributed by atoms with Crippen LogP contribution in [0.25, 0.3) is 0 Å². The van der Waals surface area contributed by atoms with Crippen LogP contribution in [-0.4, -0.2) is 17.7 Å². The molecule has 1 heterocycles. The molecule has 2 aromatic rings. The molecule has 2 aromatic carbocycles. The van der Waals surface area contributed by atoms with Crippen LogP contribution in [0.2, 0.25) is 10.0 Å². The third-order valence-electron chi connectivity index (χ3n) is 3.33. The van der Waals surface area contributed by atoms with Gasteiger partial charge in [-0.1, -0.05) is 40.5 Å². The fraction of sp³-hybridized carbons (Fsp3) is 0.125. The number of anilines is 1. The molecule has 4 nitrogen and oxygen atoms in total. The zero-order valence-corrected chi connectivity index (χ0v) is 13.2. The number of hydrogen-bond donors (Lipinski definition) is 1. The van der Waals surface area contributed by atoms with E-state index in [0.717, 1.165) is 0 Å². The van der Waals surface area contributed by atoms with Gasteiger partial charge in [0.2, 0.25) is 6.10 Å². The molecular weight excluding hydrogens is 342 g/mol. The first-order chi connectivity index (χ1) is 11.0.